The molecule has 3 nitrogen and oxygen atoms in total. The maximum Gasteiger partial charge on any atom is 0.236 e. The molecule has 0 aliphatic heterocycles. The van der Waals surface area contributed by atoms with Gasteiger partial charge in [0, 0.05) is 17.6 Å². The zero-order chi connectivity index (χ0) is 13.7. The van der Waals surface area contributed by atoms with Gasteiger partial charge in [-0.05, 0) is 38.5 Å². The van der Waals surface area contributed by atoms with Gasteiger partial charge in [-0.25, -0.2) is 4.39 Å². The summed E-state index contributed by atoms with van der Waals surface area (Å²) in [6, 6.07) is 3.79. The Morgan fingerprint density at radius 3 is 2.67 bits per heavy atom. The Kier molecular flexibility index (Phi) is 5.56. The predicted molar refractivity (Wildman–Crippen MR) is 71.1 cm³/mol. The lowest BCUT2D eigenvalue weighted by Gasteiger charge is -2.20. The van der Waals surface area contributed by atoms with Gasteiger partial charge in [-0.1, -0.05) is 17.7 Å². The number of rotatable bonds is 5. The molecule has 2 N–H and O–H groups in total. The third-order valence-corrected chi connectivity index (χ3v) is 3.00. The van der Waals surface area contributed by atoms with E-state index in [4.69, 9.17) is 11.6 Å². The lowest BCUT2D eigenvalue weighted by molar-refractivity contribution is -0.122. The largest absolute Gasteiger partial charge is 0.355 e. The zero-order valence-electron chi connectivity index (χ0n) is 10.8. The second-order valence-electron chi connectivity index (χ2n) is 4.17. The first-order valence-corrected chi connectivity index (χ1v) is 6.32. The van der Waals surface area contributed by atoms with E-state index in [9.17, 15) is 9.18 Å². The van der Waals surface area contributed by atoms with Gasteiger partial charge in [0.1, 0.15) is 5.82 Å². The first-order chi connectivity index (χ1) is 8.45. The van der Waals surface area contributed by atoms with Crippen LogP contribution in [0.3, 0.4) is 0 Å². The third-order valence-electron chi connectivity index (χ3n) is 2.67. The Bertz CT molecular complexity index is 425. The van der Waals surface area contributed by atoms with Crippen LogP contribution in [-0.4, -0.2) is 18.5 Å². The summed E-state index contributed by atoms with van der Waals surface area (Å²) in [5.41, 5.74) is 0.772. The van der Waals surface area contributed by atoms with Gasteiger partial charge in [0.15, 0.2) is 0 Å². The Balaban J connectivity index is 2.70. The first-order valence-electron chi connectivity index (χ1n) is 5.94. The number of hydrogen-bond donors (Lipinski definition) is 2. The average Bonchev–Trinajstić information content (AvgIpc) is 2.28. The van der Waals surface area contributed by atoms with E-state index < -0.39 is 0 Å². The lowest BCUT2D eigenvalue weighted by atomic mass is 10.1. The SMILES string of the molecule is CCNC(=O)C(C)NC(C)c1ccc(F)cc1Cl. The highest BCUT2D eigenvalue weighted by atomic mass is 35.5. The fraction of sp³-hybridized carbons (Fsp3) is 0.462. The number of carbonyl (C=O) groups excluding carboxylic acids is 1. The molecule has 18 heavy (non-hydrogen) atoms. The van der Waals surface area contributed by atoms with Crippen molar-refractivity contribution in [2.75, 3.05) is 6.54 Å². The molecule has 1 aromatic rings. The minimum Gasteiger partial charge on any atom is -0.355 e. The molecule has 0 aliphatic rings. The van der Waals surface area contributed by atoms with Crippen molar-refractivity contribution in [1.29, 1.82) is 0 Å². The molecule has 1 aromatic carbocycles. The van der Waals surface area contributed by atoms with Crippen LogP contribution < -0.4 is 10.6 Å². The molecule has 0 saturated heterocycles. The average molecular weight is 273 g/mol. The van der Waals surface area contributed by atoms with Crippen molar-refractivity contribution in [2.45, 2.75) is 32.9 Å². The van der Waals surface area contributed by atoms with Gasteiger partial charge >= 0.3 is 0 Å². The predicted octanol–water partition coefficient (Wildman–Crippen LogP) is 2.65. The highest BCUT2D eigenvalue weighted by molar-refractivity contribution is 6.31. The van der Waals surface area contributed by atoms with Crippen LogP contribution in [0, 0.1) is 5.82 Å². The van der Waals surface area contributed by atoms with Crippen LogP contribution in [0.4, 0.5) is 4.39 Å². The number of hydrogen-bond acceptors (Lipinski definition) is 2. The van der Waals surface area contributed by atoms with Gasteiger partial charge < -0.3 is 5.32 Å². The molecule has 0 spiro atoms. The van der Waals surface area contributed by atoms with Crippen LogP contribution in [0.2, 0.25) is 5.02 Å². The van der Waals surface area contributed by atoms with Crippen molar-refractivity contribution >= 4 is 17.5 Å². The summed E-state index contributed by atoms with van der Waals surface area (Å²) < 4.78 is 12.9. The summed E-state index contributed by atoms with van der Waals surface area (Å²) in [6.07, 6.45) is 0. The number of benzene rings is 1. The van der Waals surface area contributed by atoms with E-state index in [-0.39, 0.29) is 23.8 Å². The third kappa shape index (κ3) is 3.96. The van der Waals surface area contributed by atoms with Crippen LogP contribution in [0.5, 0.6) is 0 Å². The molecule has 5 heteroatoms. The van der Waals surface area contributed by atoms with Crippen molar-refractivity contribution in [2.24, 2.45) is 0 Å². The monoisotopic (exact) mass is 272 g/mol. The van der Waals surface area contributed by atoms with E-state index in [2.05, 4.69) is 10.6 Å². The van der Waals surface area contributed by atoms with Crippen molar-refractivity contribution in [3.05, 3.63) is 34.6 Å². The summed E-state index contributed by atoms with van der Waals surface area (Å²) >= 11 is 5.97. The van der Waals surface area contributed by atoms with Crippen molar-refractivity contribution in [3.63, 3.8) is 0 Å². The Morgan fingerprint density at radius 1 is 1.44 bits per heavy atom. The van der Waals surface area contributed by atoms with Gasteiger partial charge in [0.05, 0.1) is 6.04 Å². The number of nitrogens with one attached hydrogen (secondary N) is 2. The molecule has 0 aromatic heterocycles. The summed E-state index contributed by atoms with van der Waals surface area (Å²) in [5, 5.41) is 6.21. The van der Waals surface area contributed by atoms with E-state index in [1.165, 1.54) is 12.1 Å². The number of halogens is 2. The highest BCUT2D eigenvalue weighted by Gasteiger charge is 2.17. The molecule has 0 aliphatic carbocycles. The quantitative estimate of drug-likeness (QED) is 0.865. The van der Waals surface area contributed by atoms with Crippen LogP contribution in [0.25, 0.3) is 0 Å². The van der Waals surface area contributed by atoms with E-state index >= 15 is 0 Å². The van der Waals surface area contributed by atoms with Crippen molar-refractivity contribution in [1.82, 2.24) is 10.6 Å². The number of amides is 1. The Morgan fingerprint density at radius 2 is 2.11 bits per heavy atom. The molecule has 100 valence electrons. The number of likely N-dealkylation sites (N-methyl/N-ethyl adjacent to an activating group) is 1. The highest BCUT2D eigenvalue weighted by Crippen LogP contribution is 2.23. The topological polar surface area (TPSA) is 41.1 Å². The van der Waals surface area contributed by atoms with E-state index in [0.717, 1.165) is 5.56 Å². The van der Waals surface area contributed by atoms with E-state index in [0.29, 0.717) is 11.6 Å². The van der Waals surface area contributed by atoms with Gasteiger partial charge in [-0.15, -0.1) is 0 Å². The number of carbonyl (C=O) groups is 1. The molecule has 0 fully saturated rings. The fourth-order valence-corrected chi connectivity index (χ4v) is 2.05. The smallest absolute Gasteiger partial charge is 0.236 e. The summed E-state index contributed by atoms with van der Waals surface area (Å²) in [4.78, 5) is 11.6. The van der Waals surface area contributed by atoms with Crippen molar-refractivity contribution in [3.8, 4) is 0 Å². The second kappa shape index (κ2) is 6.71. The molecule has 1 rings (SSSR count). The van der Waals surface area contributed by atoms with Crippen LogP contribution in [-0.2, 0) is 4.79 Å². The molecule has 1 amide bonds. The maximum atomic E-state index is 12.9. The minimum atomic E-state index is -0.368. The summed E-state index contributed by atoms with van der Waals surface area (Å²) in [5.74, 6) is -0.435. The second-order valence-corrected chi connectivity index (χ2v) is 4.58. The standard InChI is InChI=1S/C13H18ClFN2O/c1-4-16-13(18)9(3)17-8(2)11-6-5-10(15)7-12(11)14/h5-9,17H,4H2,1-3H3,(H,16,18). The first kappa shape index (κ1) is 14.9. The van der Waals surface area contributed by atoms with Crippen LogP contribution in [0.15, 0.2) is 18.2 Å². The minimum absolute atomic E-state index is 0.0671. The summed E-state index contributed by atoms with van der Waals surface area (Å²) in [7, 11) is 0. The van der Waals surface area contributed by atoms with Gasteiger partial charge in [0.25, 0.3) is 0 Å². The maximum absolute atomic E-state index is 12.9. The molecule has 0 saturated carbocycles. The van der Waals surface area contributed by atoms with E-state index in [1.54, 1.807) is 13.0 Å². The van der Waals surface area contributed by atoms with Crippen molar-refractivity contribution < 1.29 is 9.18 Å². The molecule has 0 radical (unpaired) electrons. The lowest BCUT2D eigenvalue weighted by Crippen LogP contribution is -2.43. The molecule has 2 atom stereocenters. The summed E-state index contributed by atoms with van der Waals surface area (Å²) in [6.45, 7) is 6.12. The van der Waals surface area contributed by atoms with Crippen LogP contribution in [0.1, 0.15) is 32.4 Å². The Labute approximate surface area is 112 Å². The molecule has 0 bridgehead atoms. The van der Waals surface area contributed by atoms with Gasteiger partial charge in [-0.3, -0.25) is 10.1 Å². The van der Waals surface area contributed by atoms with E-state index in [1.807, 2.05) is 13.8 Å². The van der Waals surface area contributed by atoms with Crippen LogP contribution >= 0.6 is 11.6 Å². The van der Waals surface area contributed by atoms with Gasteiger partial charge in [0.2, 0.25) is 5.91 Å². The molecular weight excluding hydrogens is 255 g/mol. The zero-order valence-corrected chi connectivity index (χ0v) is 11.5. The molecular formula is C13H18ClFN2O. The van der Waals surface area contributed by atoms with Gasteiger partial charge in [-0.2, -0.15) is 0 Å². The fourth-order valence-electron chi connectivity index (χ4n) is 1.72. The molecule has 2 unspecified atom stereocenters. The molecule has 0 heterocycles. The normalized spacial score (nSPS) is 14.1. The Hall–Kier alpha value is -1.13.